The molecule has 0 radical (unpaired) electrons. The summed E-state index contributed by atoms with van der Waals surface area (Å²) in [6, 6.07) is 1.41. The molecule has 0 aliphatic heterocycles. The average Bonchev–Trinajstić information content (AvgIpc) is 2.03. The van der Waals surface area contributed by atoms with Gasteiger partial charge in [-0.1, -0.05) is 15.9 Å². The highest BCUT2D eigenvalue weighted by Gasteiger charge is 2.13. The summed E-state index contributed by atoms with van der Waals surface area (Å²) in [6.45, 7) is 1.79. The van der Waals surface area contributed by atoms with Gasteiger partial charge in [-0.3, -0.25) is 0 Å². The lowest BCUT2D eigenvalue weighted by Gasteiger charge is -2.07. The van der Waals surface area contributed by atoms with Gasteiger partial charge in [0, 0.05) is 5.33 Å². The summed E-state index contributed by atoms with van der Waals surface area (Å²) in [5, 5.41) is 0.607. The van der Waals surface area contributed by atoms with Crippen LogP contribution in [0, 0.1) is 6.92 Å². The number of pyridine rings is 1. The van der Waals surface area contributed by atoms with Crippen LogP contribution in [0.3, 0.4) is 0 Å². The predicted molar refractivity (Wildman–Crippen MR) is 54.3 cm³/mol. The summed E-state index contributed by atoms with van der Waals surface area (Å²) in [5.74, 6) is 0. The third-order valence-electron chi connectivity index (χ3n) is 1.67. The van der Waals surface area contributed by atoms with Gasteiger partial charge in [-0.2, -0.15) is 0 Å². The fraction of sp³-hybridized carbons (Fsp3) is 0.375. The third kappa shape index (κ3) is 2.47. The second kappa shape index (κ2) is 4.46. The second-order valence-corrected chi connectivity index (χ2v) is 3.88. The summed E-state index contributed by atoms with van der Waals surface area (Å²) in [5.41, 5.74) is 1.53. The number of nitrogens with zero attached hydrogens (tertiary/aromatic N) is 1. The Kier molecular flexibility index (Phi) is 3.79. The molecule has 0 saturated carbocycles. The molecule has 1 heterocycles. The summed E-state index contributed by atoms with van der Waals surface area (Å²) >= 11 is 6.42. The first-order valence-electron chi connectivity index (χ1n) is 3.56. The molecular formula is C8H7Br2F2N. The lowest BCUT2D eigenvalue weighted by molar-refractivity contribution is 0.146. The molecule has 1 nitrogen and oxygen atoms in total. The molecule has 0 amide bonds. The summed E-state index contributed by atoms with van der Waals surface area (Å²) in [6.07, 6.45) is -2.51. The molecule has 0 bridgehead atoms. The van der Waals surface area contributed by atoms with Crippen LogP contribution >= 0.6 is 31.9 Å². The van der Waals surface area contributed by atoms with Crippen molar-refractivity contribution in [3.63, 3.8) is 0 Å². The van der Waals surface area contributed by atoms with Gasteiger partial charge in [-0.05, 0) is 40.0 Å². The van der Waals surface area contributed by atoms with Crippen LogP contribution in [0.15, 0.2) is 10.7 Å². The molecule has 72 valence electrons. The summed E-state index contributed by atoms with van der Waals surface area (Å²) in [4.78, 5) is 3.74. The lowest BCUT2D eigenvalue weighted by atomic mass is 10.1. The Bertz CT molecular complexity index is 292. The third-order valence-corrected chi connectivity index (χ3v) is 2.89. The van der Waals surface area contributed by atoms with E-state index in [4.69, 9.17) is 0 Å². The molecule has 0 spiro atoms. The summed E-state index contributed by atoms with van der Waals surface area (Å²) in [7, 11) is 0. The number of aryl methyl sites for hydroxylation is 1. The molecule has 0 unspecified atom stereocenters. The number of alkyl halides is 3. The minimum absolute atomic E-state index is 0.186. The Morgan fingerprint density at radius 1 is 1.54 bits per heavy atom. The fourth-order valence-electron chi connectivity index (χ4n) is 0.957. The van der Waals surface area contributed by atoms with Crippen LogP contribution in [0.4, 0.5) is 8.78 Å². The van der Waals surface area contributed by atoms with E-state index in [0.717, 1.165) is 11.1 Å². The molecule has 0 aromatic carbocycles. The first-order chi connectivity index (χ1) is 6.06. The van der Waals surface area contributed by atoms with Crippen molar-refractivity contribution in [3.8, 4) is 0 Å². The fourth-order valence-corrected chi connectivity index (χ4v) is 2.70. The molecule has 0 N–H and O–H groups in total. The van der Waals surface area contributed by atoms with Crippen molar-refractivity contribution in [2.45, 2.75) is 18.7 Å². The minimum atomic E-state index is -2.51. The monoisotopic (exact) mass is 313 g/mol. The van der Waals surface area contributed by atoms with Gasteiger partial charge >= 0.3 is 0 Å². The van der Waals surface area contributed by atoms with Crippen molar-refractivity contribution in [1.29, 1.82) is 0 Å². The highest BCUT2D eigenvalue weighted by molar-refractivity contribution is 9.10. The molecule has 1 rings (SSSR count). The zero-order valence-electron chi connectivity index (χ0n) is 6.82. The first kappa shape index (κ1) is 11.0. The van der Waals surface area contributed by atoms with E-state index in [0.29, 0.717) is 9.93 Å². The molecule has 0 aliphatic carbocycles. The van der Waals surface area contributed by atoms with Crippen LogP contribution in [0.25, 0.3) is 0 Å². The Morgan fingerprint density at radius 3 is 2.54 bits per heavy atom. The maximum absolute atomic E-state index is 12.3. The lowest BCUT2D eigenvalue weighted by Crippen LogP contribution is -1.97. The van der Waals surface area contributed by atoms with Crippen LogP contribution in [0.1, 0.15) is 23.2 Å². The van der Waals surface area contributed by atoms with Gasteiger partial charge in [-0.25, -0.2) is 13.8 Å². The van der Waals surface area contributed by atoms with E-state index in [1.54, 1.807) is 6.92 Å². The molecular weight excluding hydrogens is 308 g/mol. The highest BCUT2D eigenvalue weighted by atomic mass is 79.9. The SMILES string of the molecule is Cc1cc(C(F)F)nc(Br)c1CBr. The van der Waals surface area contributed by atoms with E-state index < -0.39 is 6.43 Å². The topological polar surface area (TPSA) is 12.9 Å². The highest BCUT2D eigenvalue weighted by Crippen LogP contribution is 2.26. The molecule has 0 atom stereocenters. The van der Waals surface area contributed by atoms with Crippen molar-refractivity contribution >= 4 is 31.9 Å². The van der Waals surface area contributed by atoms with Crippen molar-refractivity contribution in [3.05, 3.63) is 27.5 Å². The van der Waals surface area contributed by atoms with Gasteiger partial charge in [0.05, 0.1) is 0 Å². The van der Waals surface area contributed by atoms with E-state index in [1.807, 2.05) is 0 Å². The Labute approximate surface area is 91.8 Å². The number of halogens is 4. The standard InChI is InChI=1S/C8H7Br2F2N/c1-4-2-6(8(11)12)13-7(10)5(4)3-9/h2,8H,3H2,1H3. The number of hydrogen-bond donors (Lipinski definition) is 0. The maximum Gasteiger partial charge on any atom is 0.280 e. The largest absolute Gasteiger partial charge is 0.280 e. The first-order valence-corrected chi connectivity index (χ1v) is 5.47. The maximum atomic E-state index is 12.3. The van der Waals surface area contributed by atoms with Gasteiger partial charge in [0.15, 0.2) is 0 Å². The van der Waals surface area contributed by atoms with E-state index in [1.165, 1.54) is 6.07 Å². The molecule has 1 aromatic heterocycles. The van der Waals surface area contributed by atoms with Crippen LogP contribution in [-0.2, 0) is 5.33 Å². The van der Waals surface area contributed by atoms with Crippen LogP contribution in [-0.4, -0.2) is 4.98 Å². The van der Waals surface area contributed by atoms with Gasteiger partial charge in [-0.15, -0.1) is 0 Å². The number of aromatic nitrogens is 1. The normalized spacial score (nSPS) is 10.9. The predicted octanol–water partition coefficient (Wildman–Crippen LogP) is 3.99. The van der Waals surface area contributed by atoms with Crippen LogP contribution < -0.4 is 0 Å². The van der Waals surface area contributed by atoms with E-state index >= 15 is 0 Å². The minimum Gasteiger partial charge on any atom is -0.240 e. The second-order valence-electron chi connectivity index (χ2n) is 2.57. The Hall–Kier alpha value is -0.0300. The number of rotatable bonds is 2. The molecule has 13 heavy (non-hydrogen) atoms. The van der Waals surface area contributed by atoms with Crippen LogP contribution in [0.2, 0.25) is 0 Å². The Morgan fingerprint density at radius 2 is 2.15 bits per heavy atom. The van der Waals surface area contributed by atoms with Gasteiger partial charge in [0.25, 0.3) is 6.43 Å². The summed E-state index contributed by atoms with van der Waals surface area (Å²) < 4.78 is 25.0. The van der Waals surface area contributed by atoms with Crippen molar-refractivity contribution < 1.29 is 8.78 Å². The van der Waals surface area contributed by atoms with Crippen molar-refractivity contribution in [2.75, 3.05) is 0 Å². The zero-order chi connectivity index (χ0) is 10.0. The van der Waals surface area contributed by atoms with Gasteiger partial charge in [0.1, 0.15) is 10.3 Å². The van der Waals surface area contributed by atoms with Crippen molar-refractivity contribution in [1.82, 2.24) is 4.98 Å². The van der Waals surface area contributed by atoms with E-state index in [-0.39, 0.29) is 5.69 Å². The quantitative estimate of drug-likeness (QED) is 0.594. The molecule has 0 aliphatic rings. The van der Waals surface area contributed by atoms with E-state index in [9.17, 15) is 8.78 Å². The average molecular weight is 315 g/mol. The van der Waals surface area contributed by atoms with E-state index in [2.05, 4.69) is 36.8 Å². The molecule has 0 saturated heterocycles. The zero-order valence-corrected chi connectivity index (χ0v) is 9.99. The smallest absolute Gasteiger partial charge is 0.240 e. The molecule has 0 fully saturated rings. The van der Waals surface area contributed by atoms with Crippen LogP contribution in [0.5, 0.6) is 0 Å². The van der Waals surface area contributed by atoms with Gasteiger partial charge in [0.2, 0.25) is 0 Å². The Balaban J connectivity index is 3.20. The molecule has 1 aromatic rings. The van der Waals surface area contributed by atoms with Gasteiger partial charge < -0.3 is 0 Å². The number of hydrogen-bond acceptors (Lipinski definition) is 1. The van der Waals surface area contributed by atoms with Crippen molar-refractivity contribution in [2.24, 2.45) is 0 Å². The molecule has 5 heteroatoms.